The summed E-state index contributed by atoms with van der Waals surface area (Å²) < 4.78 is 5.31. The van der Waals surface area contributed by atoms with E-state index in [-0.39, 0.29) is 5.97 Å². The van der Waals surface area contributed by atoms with Crippen LogP contribution in [0.3, 0.4) is 0 Å². The molecule has 11 unspecified atom stereocenters. The van der Waals surface area contributed by atoms with Gasteiger partial charge in [-0.3, -0.25) is 4.79 Å². The van der Waals surface area contributed by atoms with Gasteiger partial charge in [-0.15, -0.1) is 0 Å². The molecular formula is C41H56O2. The third-order valence-electron chi connectivity index (χ3n) is 14.3. The van der Waals surface area contributed by atoms with Crippen molar-refractivity contribution < 1.29 is 9.53 Å². The molecule has 0 radical (unpaired) electrons. The zero-order valence-corrected chi connectivity index (χ0v) is 27.6. The molecule has 0 saturated heterocycles. The van der Waals surface area contributed by atoms with Crippen LogP contribution in [0.5, 0.6) is 0 Å². The van der Waals surface area contributed by atoms with Crippen LogP contribution in [0.2, 0.25) is 0 Å². The lowest BCUT2D eigenvalue weighted by Crippen LogP contribution is -2.32. The van der Waals surface area contributed by atoms with E-state index >= 15 is 0 Å². The van der Waals surface area contributed by atoms with Crippen LogP contribution in [0.15, 0.2) is 48.5 Å². The lowest BCUT2D eigenvalue weighted by molar-refractivity contribution is -0.143. The minimum Gasteiger partial charge on any atom is -0.466 e. The Bertz CT molecular complexity index is 1240. The normalized spacial score (nSPS) is 38.8. The molecule has 2 bridgehead atoms. The summed E-state index contributed by atoms with van der Waals surface area (Å²) in [5, 5.41) is 0. The Morgan fingerprint density at radius 3 is 1.70 bits per heavy atom. The van der Waals surface area contributed by atoms with Gasteiger partial charge in [-0.1, -0.05) is 102 Å². The van der Waals surface area contributed by atoms with Crippen LogP contribution in [0.25, 0.3) is 11.1 Å². The summed E-state index contributed by atoms with van der Waals surface area (Å²) in [6.45, 7) is 11.8. The van der Waals surface area contributed by atoms with E-state index in [0.29, 0.717) is 17.9 Å². The first-order chi connectivity index (χ1) is 20.9. The van der Waals surface area contributed by atoms with Crippen molar-refractivity contribution in [2.24, 2.45) is 65.1 Å². The van der Waals surface area contributed by atoms with Crippen LogP contribution in [-0.2, 0) is 14.9 Å². The van der Waals surface area contributed by atoms with Crippen LogP contribution in [0.1, 0.15) is 110 Å². The number of carbonyl (C=O) groups excluding carboxylic acids is 1. The van der Waals surface area contributed by atoms with E-state index in [1.54, 1.807) is 11.1 Å². The largest absolute Gasteiger partial charge is 0.466 e. The summed E-state index contributed by atoms with van der Waals surface area (Å²) in [5.41, 5.74) is 6.59. The van der Waals surface area contributed by atoms with Gasteiger partial charge in [0, 0.05) is 12.3 Å². The molecule has 6 aliphatic carbocycles. The SMILES string of the molecule is CCC1CC(CC)C2C3CC(CC3COC(C)=O)C12.CCC1CC(CC)C2CC3(CC12)c1ccccc1-c1ccccc13. The molecule has 2 aromatic rings. The summed E-state index contributed by atoms with van der Waals surface area (Å²) in [7, 11) is 0. The van der Waals surface area contributed by atoms with Crippen molar-refractivity contribution in [2.75, 3.05) is 6.61 Å². The molecule has 6 aliphatic rings. The molecule has 0 amide bonds. The van der Waals surface area contributed by atoms with Gasteiger partial charge in [0.2, 0.25) is 0 Å². The second kappa shape index (κ2) is 11.7. The number of fused-ring (bicyclic) bond motifs is 11. The number of benzene rings is 2. The van der Waals surface area contributed by atoms with Crippen LogP contribution in [-0.4, -0.2) is 12.6 Å². The molecule has 1 spiro atoms. The molecule has 5 saturated carbocycles. The van der Waals surface area contributed by atoms with Crippen molar-refractivity contribution in [1.82, 2.24) is 0 Å². The predicted octanol–water partition coefficient (Wildman–Crippen LogP) is 10.3. The second-order valence-corrected chi connectivity index (χ2v) is 15.7. The minimum atomic E-state index is -0.107. The van der Waals surface area contributed by atoms with Crippen molar-refractivity contribution in [2.45, 2.75) is 104 Å². The maximum absolute atomic E-state index is 11.0. The summed E-state index contributed by atoms with van der Waals surface area (Å²) >= 11 is 0. The Hall–Kier alpha value is -2.09. The number of hydrogen-bond acceptors (Lipinski definition) is 2. The molecule has 0 aliphatic heterocycles. The molecule has 11 atom stereocenters. The molecule has 0 heterocycles. The molecule has 43 heavy (non-hydrogen) atoms. The van der Waals surface area contributed by atoms with Gasteiger partial charge in [-0.25, -0.2) is 0 Å². The van der Waals surface area contributed by atoms with Gasteiger partial charge in [0.1, 0.15) is 0 Å². The molecule has 5 fully saturated rings. The van der Waals surface area contributed by atoms with E-state index in [2.05, 4.69) is 76.2 Å². The van der Waals surface area contributed by atoms with Crippen molar-refractivity contribution in [3.05, 3.63) is 59.7 Å². The lowest BCUT2D eigenvalue weighted by Gasteiger charge is -2.35. The predicted molar refractivity (Wildman–Crippen MR) is 177 cm³/mol. The highest BCUT2D eigenvalue weighted by atomic mass is 16.5. The fourth-order valence-corrected chi connectivity index (χ4v) is 12.7. The van der Waals surface area contributed by atoms with Crippen LogP contribution >= 0.6 is 0 Å². The topological polar surface area (TPSA) is 26.3 Å². The number of ether oxygens (including phenoxy) is 1. The Balaban J connectivity index is 0.000000144. The van der Waals surface area contributed by atoms with E-state index in [1.165, 1.54) is 82.3 Å². The van der Waals surface area contributed by atoms with E-state index < -0.39 is 0 Å². The summed E-state index contributed by atoms with van der Waals surface area (Å²) in [6, 6.07) is 18.5. The summed E-state index contributed by atoms with van der Waals surface area (Å²) in [5.74, 6) is 10.1. The first-order valence-corrected chi connectivity index (χ1v) is 18.3. The highest BCUT2D eigenvalue weighted by molar-refractivity contribution is 5.81. The van der Waals surface area contributed by atoms with E-state index in [0.717, 1.165) is 59.2 Å². The van der Waals surface area contributed by atoms with Gasteiger partial charge in [0.05, 0.1) is 6.61 Å². The quantitative estimate of drug-likeness (QED) is 0.318. The van der Waals surface area contributed by atoms with E-state index in [4.69, 9.17) is 4.74 Å². The minimum absolute atomic E-state index is 0.107. The second-order valence-electron chi connectivity index (χ2n) is 15.7. The molecule has 0 N–H and O–H groups in total. The van der Waals surface area contributed by atoms with Crippen molar-refractivity contribution in [3.63, 3.8) is 0 Å². The first-order valence-electron chi connectivity index (χ1n) is 18.3. The maximum atomic E-state index is 11.0. The van der Waals surface area contributed by atoms with Gasteiger partial charge in [0.25, 0.3) is 0 Å². The van der Waals surface area contributed by atoms with E-state index in [1.807, 2.05) is 0 Å². The third-order valence-corrected chi connectivity index (χ3v) is 14.3. The highest BCUT2D eigenvalue weighted by Crippen LogP contribution is 2.67. The van der Waals surface area contributed by atoms with Crippen molar-refractivity contribution in [3.8, 4) is 11.1 Å². The van der Waals surface area contributed by atoms with Gasteiger partial charge >= 0.3 is 5.97 Å². The van der Waals surface area contributed by atoms with Gasteiger partial charge in [-0.2, -0.15) is 0 Å². The monoisotopic (exact) mass is 580 g/mol. The number of hydrogen-bond donors (Lipinski definition) is 0. The van der Waals surface area contributed by atoms with Crippen LogP contribution in [0.4, 0.5) is 0 Å². The lowest BCUT2D eigenvalue weighted by atomic mass is 9.71. The molecule has 0 aromatic heterocycles. The third kappa shape index (κ3) is 4.66. The molecule has 2 aromatic carbocycles. The van der Waals surface area contributed by atoms with E-state index in [9.17, 15) is 4.79 Å². The van der Waals surface area contributed by atoms with Crippen LogP contribution in [0, 0.1) is 65.1 Å². The van der Waals surface area contributed by atoms with Gasteiger partial charge in [-0.05, 0) is 126 Å². The van der Waals surface area contributed by atoms with Crippen molar-refractivity contribution in [1.29, 1.82) is 0 Å². The Kier molecular flexibility index (Phi) is 8.05. The zero-order chi connectivity index (χ0) is 29.9. The standard InChI is InChI=1S/C24H28.C17H28O2/c1-3-16-13-17(4-2)21-15-24(14-20(16)21)22-11-7-5-9-18(22)19-10-6-8-12-23(19)24;1-4-11-6-12(5-2)17-15-8-13(16(11)17)7-14(15)9-19-10(3)18/h5-12,16-17,20-21H,3-4,13-15H2,1-2H3;11-17H,4-9H2,1-3H3. The first kappa shape index (κ1) is 29.6. The summed E-state index contributed by atoms with van der Waals surface area (Å²) in [4.78, 5) is 11.0. The number of carbonyl (C=O) groups is 1. The molecular weight excluding hydrogens is 524 g/mol. The fourth-order valence-electron chi connectivity index (χ4n) is 12.7. The Labute approximate surface area is 261 Å². The maximum Gasteiger partial charge on any atom is 0.302 e. The number of rotatable bonds is 6. The average Bonchev–Trinajstić information content (AvgIpc) is 3.86. The smallest absolute Gasteiger partial charge is 0.302 e. The summed E-state index contributed by atoms with van der Waals surface area (Å²) in [6.07, 6.45) is 13.9. The van der Waals surface area contributed by atoms with Crippen LogP contribution < -0.4 is 0 Å². The van der Waals surface area contributed by atoms with Gasteiger partial charge < -0.3 is 4.74 Å². The van der Waals surface area contributed by atoms with Crippen molar-refractivity contribution >= 4 is 5.97 Å². The average molecular weight is 581 g/mol. The Morgan fingerprint density at radius 1 is 0.651 bits per heavy atom. The highest BCUT2D eigenvalue weighted by Gasteiger charge is 2.60. The molecule has 8 rings (SSSR count). The number of esters is 1. The van der Waals surface area contributed by atoms with Gasteiger partial charge in [0.15, 0.2) is 0 Å². The fraction of sp³-hybridized carbons (Fsp3) is 0.683. The molecule has 232 valence electrons. The molecule has 2 heteroatoms. The zero-order valence-electron chi connectivity index (χ0n) is 27.6. The Morgan fingerprint density at radius 2 is 1.16 bits per heavy atom. The molecule has 2 nitrogen and oxygen atoms in total.